The second kappa shape index (κ2) is 5.02. The van der Waals surface area contributed by atoms with Crippen LogP contribution in [0.15, 0.2) is 17.5 Å². The number of thiophene rings is 1. The first kappa shape index (κ1) is 11.1. The highest BCUT2D eigenvalue weighted by Crippen LogP contribution is 2.09. The number of aliphatic carboxylic acids is 1. The maximum atomic E-state index is 11.3. The first-order valence-corrected chi connectivity index (χ1v) is 6.10. The van der Waals surface area contributed by atoms with Crippen LogP contribution in [0.5, 0.6) is 0 Å². The number of carbonyl (C=O) groups is 2. The van der Waals surface area contributed by atoms with Crippen molar-refractivity contribution in [1.82, 2.24) is 0 Å². The van der Waals surface area contributed by atoms with Gasteiger partial charge in [0.1, 0.15) is 5.75 Å². The van der Waals surface area contributed by atoms with Crippen LogP contribution in [0.25, 0.3) is 0 Å². The molecule has 0 amide bonds. The molecule has 0 saturated carbocycles. The molecule has 0 spiro atoms. The zero-order valence-electron chi connectivity index (χ0n) is 7.13. The topological polar surface area (TPSA) is 71.4 Å². The second-order valence-corrected chi connectivity index (χ2v) is 4.93. The number of carboxylic acids is 1. The predicted molar refractivity (Wildman–Crippen MR) is 54.2 cm³/mol. The highest BCUT2D eigenvalue weighted by Gasteiger charge is 2.13. The lowest BCUT2D eigenvalue weighted by Gasteiger charge is -1.96. The molecule has 1 rings (SSSR count). The molecule has 4 nitrogen and oxygen atoms in total. The van der Waals surface area contributed by atoms with Crippen LogP contribution in [0.3, 0.4) is 0 Å². The Bertz CT molecular complexity index is 355. The molecule has 1 N–H and O–H groups in total. The summed E-state index contributed by atoms with van der Waals surface area (Å²) in [5, 5.41) is 10.1. The van der Waals surface area contributed by atoms with Crippen LogP contribution in [0.4, 0.5) is 0 Å². The van der Waals surface area contributed by atoms with E-state index in [2.05, 4.69) is 0 Å². The number of Topliss-reactive ketones (excluding diaryl/α,β-unsaturated/α-hetero) is 1. The largest absolute Gasteiger partial charge is 0.481 e. The van der Waals surface area contributed by atoms with Crippen molar-refractivity contribution in [2.45, 2.75) is 0 Å². The Balaban J connectivity index is 2.50. The van der Waals surface area contributed by atoms with Crippen molar-refractivity contribution in [2.24, 2.45) is 0 Å². The first-order chi connectivity index (χ1) is 6.59. The van der Waals surface area contributed by atoms with E-state index in [0.29, 0.717) is 4.88 Å². The van der Waals surface area contributed by atoms with Gasteiger partial charge in [0.25, 0.3) is 0 Å². The summed E-state index contributed by atoms with van der Waals surface area (Å²) in [4.78, 5) is 22.0. The molecule has 0 aliphatic rings. The molecule has 1 unspecified atom stereocenters. The first-order valence-electron chi connectivity index (χ1n) is 3.73. The van der Waals surface area contributed by atoms with Gasteiger partial charge in [-0.1, -0.05) is 6.07 Å². The summed E-state index contributed by atoms with van der Waals surface area (Å²) in [7, 11) is -1.61. The third-order valence-electron chi connectivity index (χ3n) is 1.37. The highest BCUT2D eigenvalue weighted by molar-refractivity contribution is 7.86. The Labute approximate surface area is 87.0 Å². The van der Waals surface area contributed by atoms with Gasteiger partial charge >= 0.3 is 5.97 Å². The predicted octanol–water partition coefficient (Wildman–Crippen LogP) is 0.764. The normalized spacial score (nSPS) is 12.3. The molecule has 0 aromatic carbocycles. The lowest BCUT2D eigenvalue weighted by atomic mass is 10.4. The van der Waals surface area contributed by atoms with E-state index >= 15 is 0 Å². The van der Waals surface area contributed by atoms with Gasteiger partial charge in [0, 0.05) is 10.8 Å². The SMILES string of the molecule is O=C(O)CS(=O)CC(=O)c1cccs1. The van der Waals surface area contributed by atoms with Gasteiger partial charge in [0.2, 0.25) is 0 Å². The summed E-state index contributed by atoms with van der Waals surface area (Å²) in [5.74, 6) is -2.11. The van der Waals surface area contributed by atoms with Crippen molar-refractivity contribution < 1.29 is 18.9 Å². The molecule has 0 bridgehead atoms. The Kier molecular flexibility index (Phi) is 3.97. The number of ketones is 1. The van der Waals surface area contributed by atoms with Crippen molar-refractivity contribution in [3.05, 3.63) is 22.4 Å². The molecule has 0 radical (unpaired) electrons. The number of rotatable bonds is 5. The van der Waals surface area contributed by atoms with Crippen LogP contribution in [0.1, 0.15) is 9.67 Å². The minimum absolute atomic E-state index is 0.215. The van der Waals surface area contributed by atoms with Crippen molar-refractivity contribution >= 4 is 33.9 Å². The maximum Gasteiger partial charge on any atom is 0.316 e. The molecule has 0 aliphatic carbocycles. The van der Waals surface area contributed by atoms with E-state index in [0.717, 1.165) is 0 Å². The molecular formula is C8H8O4S2. The molecule has 1 atom stereocenters. The molecule has 1 heterocycles. The van der Waals surface area contributed by atoms with Gasteiger partial charge in [-0.3, -0.25) is 13.8 Å². The van der Waals surface area contributed by atoms with Crippen molar-refractivity contribution in [2.75, 3.05) is 11.5 Å². The van der Waals surface area contributed by atoms with Crippen LogP contribution < -0.4 is 0 Å². The van der Waals surface area contributed by atoms with Crippen molar-refractivity contribution in [3.8, 4) is 0 Å². The van der Waals surface area contributed by atoms with Gasteiger partial charge in [0.15, 0.2) is 5.78 Å². The van der Waals surface area contributed by atoms with Crippen molar-refractivity contribution in [1.29, 1.82) is 0 Å². The number of carboxylic acid groups (broad SMARTS) is 1. The number of hydrogen-bond donors (Lipinski definition) is 1. The summed E-state index contributed by atoms with van der Waals surface area (Å²) in [6.45, 7) is 0. The quantitative estimate of drug-likeness (QED) is 0.761. The fourth-order valence-electron chi connectivity index (χ4n) is 0.843. The smallest absolute Gasteiger partial charge is 0.316 e. The number of carbonyl (C=O) groups excluding carboxylic acids is 1. The number of hydrogen-bond acceptors (Lipinski definition) is 4. The summed E-state index contributed by atoms with van der Waals surface area (Å²) in [6.07, 6.45) is 0. The third-order valence-corrected chi connectivity index (χ3v) is 3.44. The van der Waals surface area contributed by atoms with E-state index in [4.69, 9.17) is 5.11 Å². The van der Waals surface area contributed by atoms with E-state index in [-0.39, 0.29) is 11.5 Å². The van der Waals surface area contributed by atoms with Gasteiger partial charge < -0.3 is 5.11 Å². The highest BCUT2D eigenvalue weighted by atomic mass is 32.2. The fourth-order valence-corrected chi connectivity index (χ4v) is 2.42. The lowest BCUT2D eigenvalue weighted by Crippen LogP contribution is -2.17. The third kappa shape index (κ3) is 3.39. The van der Waals surface area contributed by atoms with Gasteiger partial charge in [-0.25, -0.2) is 0 Å². The van der Waals surface area contributed by atoms with Crippen LogP contribution in [0.2, 0.25) is 0 Å². The van der Waals surface area contributed by atoms with E-state index in [1.807, 2.05) is 0 Å². The van der Waals surface area contributed by atoms with Crippen LogP contribution in [-0.4, -0.2) is 32.6 Å². The van der Waals surface area contributed by atoms with Gasteiger partial charge in [-0.2, -0.15) is 0 Å². The lowest BCUT2D eigenvalue weighted by molar-refractivity contribution is -0.133. The molecule has 76 valence electrons. The molecule has 0 aliphatic heterocycles. The fraction of sp³-hybridized carbons (Fsp3) is 0.250. The molecule has 1 aromatic rings. The van der Waals surface area contributed by atoms with Crippen LogP contribution >= 0.6 is 11.3 Å². The average molecular weight is 232 g/mol. The monoisotopic (exact) mass is 232 g/mol. The molecule has 1 aromatic heterocycles. The molecule has 0 fully saturated rings. The van der Waals surface area contributed by atoms with Crippen molar-refractivity contribution in [3.63, 3.8) is 0 Å². The second-order valence-electron chi connectivity index (χ2n) is 2.52. The Morgan fingerprint density at radius 2 is 2.14 bits per heavy atom. The Morgan fingerprint density at radius 3 is 2.64 bits per heavy atom. The van der Waals surface area contributed by atoms with E-state index < -0.39 is 22.5 Å². The summed E-state index contributed by atoms with van der Waals surface area (Å²) in [5.41, 5.74) is 0. The average Bonchev–Trinajstić information content (AvgIpc) is 2.53. The minimum Gasteiger partial charge on any atom is -0.481 e. The van der Waals surface area contributed by atoms with Gasteiger partial charge in [0.05, 0.1) is 10.6 Å². The molecule has 0 saturated heterocycles. The zero-order chi connectivity index (χ0) is 10.6. The van der Waals surface area contributed by atoms with Crippen LogP contribution in [0, 0.1) is 0 Å². The van der Waals surface area contributed by atoms with E-state index in [1.165, 1.54) is 11.3 Å². The summed E-state index contributed by atoms with van der Waals surface area (Å²) >= 11 is 1.26. The molecular weight excluding hydrogens is 224 g/mol. The van der Waals surface area contributed by atoms with Crippen LogP contribution in [-0.2, 0) is 15.6 Å². The standard InChI is InChI=1S/C8H8O4S2/c9-6(7-2-1-3-13-7)4-14(12)5-8(10)11/h1-3H,4-5H2,(H,10,11). The maximum absolute atomic E-state index is 11.3. The minimum atomic E-state index is -1.61. The Hall–Kier alpha value is -1.01. The van der Waals surface area contributed by atoms with Gasteiger partial charge in [-0.15, -0.1) is 11.3 Å². The van der Waals surface area contributed by atoms with E-state index in [1.54, 1.807) is 17.5 Å². The molecule has 14 heavy (non-hydrogen) atoms. The zero-order valence-corrected chi connectivity index (χ0v) is 8.77. The van der Waals surface area contributed by atoms with Gasteiger partial charge in [-0.05, 0) is 11.4 Å². The Morgan fingerprint density at radius 1 is 1.43 bits per heavy atom. The summed E-state index contributed by atoms with van der Waals surface area (Å²) < 4.78 is 11.1. The van der Waals surface area contributed by atoms with E-state index in [9.17, 15) is 13.8 Å². The summed E-state index contributed by atoms with van der Waals surface area (Å²) in [6, 6.07) is 3.35. The molecule has 6 heteroatoms.